The Labute approximate surface area is 247 Å². The zero-order valence-corrected chi connectivity index (χ0v) is 23.8. The number of halogens is 2. The third kappa shape index (κ3) is 7.62. The van der Waals surface area contributed by atoms with Crippen molar-refractivity contribution in [2.24, 2.45) is 0 Å². The molecule has 4 rings (SSSR count). The molecule has 0 spiro atoms. The van der Waals surface area contributed by atoms with Gasteiger partial charge in [-0.25, -0.2) is 28.1 Å². The molecule has 228 valence electrons. The van der Waals surface area contributed by atoms with Crippen LogP contribution in [-0.2, 0) is 14.3 Å². The lowest BCUT2D eigenvalue weighted by Gasteiger charge is -2.38. The Hall–Kier alpha value is -4.62. The molecular formula is C30H33F2N5O6. The molecule has 0 radical (unpaired) electrons. The smallest absolute Gasteiger partial charge is 0.335 e. The minimum absolute atomic E-state index is 0.0772. The highest BCUT2D eigenvalue weighted by atomic mass is 19.2. The summed E-state index contributed by atoms with van der Waals surface area (Å²) in [4.78, 5) is 53.8. The van der Waals surface area contributed by atoms with Crippen LogP contribution in [0.5, 0.6) is 0 Å². The fourth-order valence-electron chi connectivity index (χ4n) is 5.06. The highest BCUT2D eigenvalue weighted by Crippen LogP contribution is 2.35. The number of ether oxygens (including phenoxy) is 1. The number of urea groups is 2. The van der Waals surface area contributed by atoms with Gasteiger partial charge in [-0.1, -0.05) is 24.3 Å². The largest absolute Gasteiger partial charge is 0.478 e. The minimum Gasteiger partial charge on any atom is -0.478 e. The standard InChI is InChI=1S/C30H33F2N5O6/c1-19(38)34-23-6-3-5-21(15-23)20-9-13-35(14-10-20)12-4-11-33-29(41)37-27(22-7-8-25(31)26(32)16-22)24(28(39)40)17-36(18-43-2)30(37)42/h3,5-9,15-17,27H,4,10-14,18H2,1-2H3,(H,33,41)(H,34,38)(H,39,40)/t27-/m0/s1. The summed E-state index contributed by atoms with van der Waals surface area (Å²) < 4.78 is 32.7. The second-order valence-corrected chi connectivity index (χ2v) is 10.1. The van der Waals surface area contributed by atoms with Gasteiger partial charge in [0.05, 0.1) is 5.57 Å². The lowest BCUT2D eigenvalue weighted by atomic mass is 9.96. The summed E-state index contributed by atoms with van der Waals surface area (Å²) in [5.74, 6) is -3.97. The van der Waals surface area contributed by atoms with Crippen molar-refractivity contribution in [2.75, 3.05) is 45.3 Å². The third-order valence-electron chi connectivity index (χ3n) is 7.07. The summed E-state index contributed by atoms with van der Waals surface area (Å²) in [7, 11) is 1.30. The Morgan fingerprint density at radius 2 is 1.91 bits per heavy atom. The summed E-state index contributed by atoms with van der Waals surface area (Å²) >= 11 is 0. The maximum atomic E-state index is 14.1. The number of carbonyl (C=O) groups excluding carboxylic acids is 3. The lowest BCUT2D eigenvalue weighted by Crippen LogP contribution is -2.54. The van der Waals surface area contributed by atoms with Crippen LogP contribution in [0, 0.1) is 11.6 Å². The van der Waals surface area contributed by atoms with E-state index in [0.29, 0.717) is 24.4 Å². The van der Waals surface area contributed by atoms with Crippen LogP contribution in [0.1, 0.15) is 36.9 Å². The van der Waals surface area contributed by atoms with E-state index in [1.54, 1.807) is 0 Å². The molecule has 13 heteroatoms. The predicted octanol–water partition coefficient (Wildman–Crippen LogP) is 4.16. The van der Waals surface area contributed by atoms with Crippen LogP contribution in [0.2, 0.25) is 0 Å². The molecule has 0 fully saturated rings. The van der Waals surface area contributed by atoms with Gasteiger partial charge in [0.15, 0.2) is 11.6 Å². The van der Waals surface area contributed by atoms with Crippen molar-refractivity contribution in [1.82, 2.24) is 20.0 Å². The third-order valence-corrected chi connectivity index (χ3v) is 7.07. The number of rotatable bonds is 10. The number of anilines is 1. The number of imide groups is 1. The van der Waals surface area contributed by atoms with Crippen molar-refractivity contribution in [2.45, 2.75) is 25.8 Å². The predicted molar refractivity (Wildman–Crippen MR) is 154 cm³/mol. The fraction of sp³-hybridized carbons (Fsp3) is 0.333. The summed E-state index contributed by atoms with van der Waals surface area (Å²) in [5, 5.41) is 15.3. The zero-order valence-electron chi connectivity index (χ0n) is 23.8. The van der Waals surface area contributed by atoms with E-state index in [-0.39, 0.29) is 24.7 Å². The van der Waals surface area contributed by atoms with Crippen molar-refractivity contribution in [1.29, 1.82) is 0 Å². The second kappa shape index (κ2) is 14.0. The van der Waals surface area contributed by atoms with Crippen molar-refractivity contribution >= 4 is 35.2 Å². The van der Waals surface area contributed by atoms with E-state index in [1.807, 2.05) is 24.3 Å². The van der Waals surface area contributed by atoms with E-state index >= 15 is 0 Å². The molecule has 5 amide bonds. The quantitative estimate of drug-likeness (QED) is 0.351. The molecule has 2 aromatic rings. The number of benzene rings is 2. The Kier molecular flexibility index (Phi) is 10.2. The van der Waals surface area contributed by atoms with Crippen LogP contribution >= 0.6 is 0 Å². The number of amides is 5. The average Bonchev–Trinajstić information content (AvgIpc) is 2.97. The topological polar surface area (TPSA) is 132 Å². The Morgan fingerprint density at radius 1 is 1.12 bits per heavy atom. The molecule has 0 bridgehead atoms. The number of hydrogen-bond acceptors (Lipinski definition) is 6. The molecule has 2 aromatic carbocycles. The average molecular weight is 598 g/mol. The van der Waals surface area contributed by atoms with Gasteiger partial charge < -0.3 is 20.5 Å². The van der Waals surface area contributed by atoms with Crippen LogP contribution < -0.4 is 10.6 Å². The van der Waals surface area contributed by atoms with Crippen LogP contribution in [0.15, 0.2) is 60.3 Å². The van der Waals surface area contributed by atoms with E-state index in [2.05, 4.69) is 21.6 Å². The van der Waals surface area contributed by atoms with Crippen molar-refractivity contribution in [3.63, 3.8) is 0 Å². The molecule has 2 aliphatic heterocycles. The molecule has 2 aliphatic rings. The van der Waals surface area contributed by atoms with Crippen LogP contribution in [0.25, 0.3) is 5.57 Å². The molecule has 0 saturated heterocycles. The molecule has 1 atom stereocenters. The first kappa shape index (κ1) is 31.3. The first-order valence-corrected chi connectivity index (χ1v) is 13.6. The fourth-order valence-corrected chi connectivity index (χ4v) is 5.06. The molecule has 11 nitrogen and oxygen atoms in total. The van der Waals surface area contributed by atoms with E-state index in [0.717, 1.165) is 53.5 Å². The Bertz CT molecular complexity index is 1460. The molecular weight excluding hydrogens is 564 g/mol. The molecule has 43 heavy (non-hydrogen) atoms. The number of carboxylic acid groups (broad SMARTS) is 1. The summed E-state index contributed by atoms with van der Waals surface area (Å²) in [5.41, 5.74) is 2.48. The van der Waals surface area contributed by atoms with Gasteiger partial charge >= 0.3 is 18.0 Å². The molecule has 3 N–H and O–H groups in total. The van der Waals surface area contributed by atoms with Crippen LogP contribution in [0.3, 0.4) is 0 Å². The van der Waals surface area contributed by atoms with Gasteiger partial charge in [0, 0.05) is 52.1 Å². The van der Waals surface area contributed by atoms with Crippen LogP contribution in [0.4, 0.5) is 24.1 Å². The van der Waals surface area contributed by atoms with E-state index in [1.165, 1.54) is 19.6 Å². The lowest BCUT2D eigenvalue weighted by molar-refractivity contribution is -0.133. The highest BCUT2D eigenvalue weighted by Gasteiger charge is 2.42. The molecule has 0 aromatic heterocycles. The summed E-state index contributed by atoms with van der Waals surface area (Å²) in [6.45, 7) is 3.43. The van der Waals surface area contributed by atoms with E-state index in [9.17, 15) is 33.1 Å². The van der Waals surface area contributed by atoms with Crippen LogP contribution in [-0.4, -0.2) is 83.8 Å². The Balaban J connectivity index is 1.39. The van der Waals surface area contributed by atoms with Crippen molar-refractivity contribution in [3.8, 4) is 0 Å². The normalized spacial score (nSPS) is 17.3. The van der Waals surface area contributed by atoms with Crippen molar-refractivity contribution < 1.29 is 37.8 Å². The number of carbonyl (C=O) groups is 4. The number of hydrogen-bond donors (Lipinski definition) is 3. The van der Waals surface area contributed by atoms with E-state index < -0.39 is 41.3 Å². The molecule has 0 unspecified atom stereocenters. The highest BCUT2D eigenvalue weighted by molar-refractivity contribution is 6.00. The molecule has 2 heterocycles. The molecule has 0 aliphatic carbocycles. The maximum absolute atomic E-state index is 14.1. The summed E-state index contributed by atoms with van der Waals surface area (Å²) in [6, 6.07) is 7.11. The zero-order chi connectivity index (χ0) is 31.1. The van der Waals surface area contributed by atoms with Gasteiger partial charge in [0.2, 0.25) is 5.91 Å². The number of nitrogens with one attached hydrogen (secondary N) is 2. The van der Waals surface area contributed by atoms with Gasteiger partial charge in [0.1, 0.15) is 12.8 Å². The number of aliphatic carboxylic acids is 1. The van der Waals surface area contributed by atoms with Gasteiger partial charge in [-0.3, -0.25) is 14.6 Å². The first-order chi connectivity index (χ1) is 20.6. The molecule has 0 saturated carbocycles. The maximum Gasteiger partial charge on any atom is 0.335 e. The first-order valence-electron chi connectivity index (χ1n) is 13.6. The Morgan fingerprint density at radius 3 is 2.56 bits per heavy atom. The number of nitrogens with zero attached hydrogens (tertiary/aromatic N) is 3. The van der Waals surface area contributed by atoms with Gasteiger partial charge in [-0.05, 0) is 53.8 Å². The van der Waals surface area contributed by atoms with Gasteiger partial charge in [0.25, 0.3) is 0 Å². The van der Waals surface area contributed by atoms with E-state index in [4.69, 9.17) is 4.74 Å². The van der Waals surface area contributed by atoms with Gasteiger partial charge in [-0.2, -0.15) is 0 Å². The van der Waals surface area contributed by atoms with Gasteiger partial charge in [-0.15, -0.1) is 0 Å². The SMILES string of the molecule is COCN1C=C(C(=O)O)[C@H](c2ccc(F)c(F)c2)N(C(=O)NCCCN2CC=C(c3cccc(NC(C)=O)c3)CC2)C1=O. The second-order valence-electron chi connectivity index (χ2n) is 10.1. The number of methoxy groups -OCH3 is 1. The summed E-state index contributed by atoms with van der Waals surface area (Å²) in [6.07, 6.45) is 4.48. The van der Waals surface area contributed by atoms with Crippen molar-refractivity contribution in [3.05, 3.63) is 83.1 Å². The number of carboxylic acids is 1. The minimum atomic E-state index is -1.50. The monoisotopic (exact) mass is 597 g/mol.